The van der Waals surface area contributed by atoms with Crippen molar-refractivity contribution >= 4 is 23.6 Å². The van der Waals surface area contributed by atoms with Crippen molar-refractivity contribution in [3.8, 4) is 0 Å². The van der Waals surface area contributed by atoms with Gasteiger partial charge in [-0.3, -0.25) is 9.59 Å². The van der Waals surface area contributed by atoms with E-state index in [4.69, 9.17) is 0 Å². The molecule has 4 nitrogen and oxygen atoms in total. The highest BCUT2D eigenvalue weighted by Crippen LogP contribution is 2.36. The third-order valence-electron chi connectivity index (χ3n) is 4.41. The van der Waals surface area contributed by atoms with Crippen LogP contribution in [0.5, 0.6) is 0 Å². The molecule has 2 unspecified atom stereocenters. The van der Waals surface area contributed by atoms with Crippen molar-refractivity contribution in [1.82, 2.24) is 10.6 Å². The largest absolute Gasteiger partial charge is 0.357 e. The summed E-state index contributed by atoms with van der Waals surface area (Å²) < 4.78 is 27.1. The summed E-state index contributed by atoms with van der Waals surface area (Å²) in [4.78, 5) is 26.5. The summed E-state index contributed by atoms with van der Waals surface area (Å²) in [6.07, 6.45) is 0. The third kappa shape index (κ3) is 5.24. The van der Waals surface area contributed by atoms with Gasteiger partial charge in [0.2, 0.25) is 11.8 Å². The number of halogens is 2. The molecule has 30 heavy (non-hydrogen) atoms. The number of amides is 2. The van der Waals surface area contributed by atoms with Crippen LogP contribution in [-0.2, 0) is 9.59 Å². The van der Waals surface area contributed by atoms with E-state index in [2.05, 4.69) is 10.6 Å². The minimum absolute atomic E-state index is 0.151. The van der Waals surface area contributed by atoms with Crippen LogP contribution in [0.3, 0.4) is 0 Å². The first-order valence-corrected chi connectivity index (χ1v) is 10.1. The first-order chi connectivity index (χ1) is 14.5. The van der Waals surface area contributed by atoms with E-state index in [1.807, 2.05) is 60.7 Å². The zero-order valence-corrected chi connectivity index (χ0v) is 17.0. The van der Waals surface area contributed by atoms with Crippen LogP contribution >= 0.6 is 11.8 Å². The molecule has 2 N–H and O–H groups in total. The molecule has 0 saturated carbocycles. The highest BCUT2D eigenvalue weighted by molar-refractivity contribution is 8.00. The fourth-order valence-corrected chi connectivity index (χ4v) is 3.95. The van der Waals surface area contributed by atoms with E-state index in [0.717, 1.165) is 22.6 Å². The Morgan fingerprint density at radius 2 is 1.43 bits per heavy atom. The average Bonchev–Trinajstić information content (AvgIpc) is 2.78. The first-order valence-electron chi connectivity index (χ1n) is 9.23. The van der Waals surface area contributed by atoms with Crippen LogP contribution in [0.2, 0.25) is 0 Å². The molecule has 0 fully saturated rings. The minimum Gasteiger partial charge on any atom is -0.357 e. The number of nitrogens with one attached hydrogen (secondary N) is 2. The molecule has 0 aliphatic carbocycles. The Bertz CT molecular complexity index is 1020. The van der Waals surface area contributed by atoms with Crippen LogP contribution < -0.4 is 10.6 Å². The maximum atomic E-state index is 13.7. The number of hydrogen-bond donors (Lipinski definition) is 2. The molecule has 3 aromatic rings. The summed E-state index contributed by atoms with van der Waals surface area (Å²) in [5.41, 5.74) is 0.905. The molecule has 0 aromatic heterocycles. The lowest BCUT2D eigenvalue weighted by molar-refractivity contribution is -0.128. The Balaban J connectivity index is 1.91. The molecule has 0 spiro atoms. The average molecular weight is 426 g/mol. The summed E-state index contributed by atoms with van der Waals surface area (Å²) in [5, 5.41) is 4.50. The van der Waals surface area contributed by atoms with Gasteiger partial charge in [0.15, 0.2) is 11.6 Å². The van der Waals surface area contributed by atoms with Crippen LogP contribution in [0.4, 0.5) is 8.78 Å². The zero-order chi connectivity index (χ0) is 21.5. The van der Waals surface area contributed by atoms with Crippen molar-refractivity contribution in [1.29, 1.82) is 0 Å². The van der Waals surface area contributed by atoms with Gasteiger partial charge in [0.05, 0.1) is 0 Å². The summed E-state index contributed by atoms with van der Waals surface area (Å²) in [5.74, 6) is -3.07. The van der Waals surface area contributed by atoms with Crippen molar-refractivity contribution in [3.05, 3.63) is 102 Å². The van der Waals surface area contributed by atoms with Gasteiger partial charge in [0.1, 0.15) is 11.3 Å². The SMILES string of the molecule is CNC(=O)C(NC(=O)C(Sc1ccccc1)c1ccccc1)c1ccc(F)c(F)c1. The van der Waals surface area contributed by atoms with Crippen LogP contribution in [0, 0.1) is 11.6 Å². The number of likely N-dealkylation sites (N-methyl/N-ethyl adjacent to an activating group) is 1. The lowest BCUT2D eigenvalue weighted by Crippen LogP contribution is -2.40. The first kappa shape index (κ1) is 21.5. The third-order valence-corrected chi connectivity index (χ3v) is 5.68. The van der Waals surface area contributed by atoms with Gasteiger partial charge in [-0.1, -0.05) is 54.6 Å². The Labute approximate surface area is 177 Å². The molecular weight excluding hydrogens is 406 g/mol. The maximum Gasteiger partial charge on any atom is 0.246 e. The van der Waals surface area contributed by atoms with E-state index in [-0.39, 0.29) is 5.56 Å². The van der Waals surface area contributed by atoms with E-state index >= 15 is 0 Å². The van der Waals surface area contributed by atoms with Crippen molar-refractivity contribution in [2.24, 2.45) is 0 Å². The monoisotopic (exact) mass is 426 g/mol. The number of rotatable bonds is 7. The Hall–Kier alpha value is -3.19. The summed E-state index contributed by atoms with van der Waals surface area (Å²) in [6.45, 7) is 0. The predicted octanol–water partition coefficient (Wildman–Crippen LogP) is 4.40. The second kappa shape index (κ2) is 10.0. The number of carbonyl (C=O) groups is 2. The Kier molecular flexibility index (Phi) is 7.19. The van der Waals surface area contributed by atoms with Crippen LogP contribution in [0.1, 0.15) is 22.4 Å². The molecule has 0 bridgehead atoms. The van der Waals surface area contributed by atoms with Gasteiger partial charge >= 0.3 is 0 Å². The molecule has 0 radical (unpaired) electrons. The normalized spacial score (nSPS) is 12.6. The van der Waals surface area contributed by atoms with E-state index in [1.165, 1.54) is 24.9 Å². The maximum absolute atomic E-state index is 13.7. The van der Waals surface area contributed by atoms with Gasteiger partial charge in [-0.2, -0.15) is 0 Å². The van der Waals surface area contributed by atoms with Gasteiger partial charge in [-0.15, -0.1) is 11.8 Å². The topological polar surface area (TPSA) is 58.2 Å². The fraction of sp³-hybridized carbons (Fsp3) is 0.130. The molecule has 0 saturated heterocycles. The van der Waals surface area contributed by atoms with Gasteiger partial charge in [-0.05, 0) is 35.4 Å². The molecule has 7 heteroatoms. The second-order valence-corrected chi connectivity index (χ2v) is 7.63. The molecule has 154 valence electrons. The fourth-order valence-electron chi connectivity index (χ4n) is 2.89. The molecule has 3 rings (SSSR count). The quantitative estimate of drug-likeness (QED) is 0.551. The van der Waals surface area contributed by atoms with E-state index < -0.39 is 34.7 Å². The molecule has 0 aliphatic heterocycles. The van der Waals surface area contributed by atoms with Crippen molar-refractivity contribution in [3.63, 3.8) is 0 Å². The molecule has 0 aliphatic rings. The molecule has 2 atom stereocenters. The Morgan fingerprint density at radius 1 is 0.800 bits per heavy atom. The molecule has 0 heterocycles. The van der Waals surface area contributed by atoms with Crippen molar-refractivity contribution in [2.45, 2.75) is 16.2 Å². The van der Waals surface area contributed by atoms with E-state index in [0.29, 0.717) is 0 Å². The van der Waals surface area contributed by atoms with Crippen molar-refractivity contribution in [2.75, 3.05) is 7.05 Å². The van der Waals surface area contributed by atoms with Gasteiger partial charge < -0.3 is 10.6 Å². The van der Waals surface area contributed by atoms with E-state index in [1.54, 1.807) is 0 Å². The van der Waals surface area contributed by atoms with Crippen molar-refractivity contribution < 1.29 is 18.4 Å². The second-order valence-electron chi connectivity index (χ2n) is 6.45. The number of benzene rings is 3. The number of hydrogen-bond acceptors (Lipinski definition) is 3. The predicted molar refractivity (Wildman–Crippen MR) is 113 cm³/mol. The van der Waals surface area contributed by atoms with Gasteiger partial charge in [0, 0.05) is 11.9 Å². The smallest absolute Gasteiger partial charge is 0.246 e. The van der Waals surface area contributed by atoms with Crippen LogP contribution in [0.25, 0.3) is 0 Å². The van der Waals surface area contributed by atoms with Gasteiger partial charge in [-0.25, -0.2) is 8.78 Å². The van der Waals surface area contributed by atoms with Gasteiger partial charge in [0.25, 0.3) is 0 Å². The zero-order valence-electron chi connectivity index (χ0n) is 16.1. The van der Waals surface area contributed by atoms with E-state index in [9.17, 15) is 18.4 Å². The number of thioether (sulfide) groups is 1. The number of carbonyl (C=O) groups excluding carboxylic acids is 2. The Morgan fingerprint density at radius 3 is 2.03 bits per heavy atom. The van der Waals surface area contributed by atoms with Crippen LogP contribution in [0.15, 0.2) is 83.8 Å². The summed E-state index contributed by atoms with van der Waals surface area (Å²) >= 11 is 1.33. The summed E-state index contributed by atoms with van der Waals surface area (Å²) in [6, 6.07) is 20.5. The summed E-state index contributed by atoms with van der Waals surface area (Å²) in [7, 11) is 1.41. The molecule has 3 aromatic carbocycles. The highest BCUT2D eigenvalue weighted by Gasteiger charge is 2.28. The molecular formula is C23H20F2N2O2S. The standard InChI is InChI=1S/C23H20F2N2O2S/c1-26-22(28)20(16-12-13-18(24)19(25)14-16)27-23(29)21(15-8-4-2-5-9-15)30-17-10-6-3-7-11-17/h2-14,20-21H,1H3,(H,26,28)(H,27,29). The molecule has 2 amide bonds. The lowest BCUT2D eigenvalue weighted by atomic mass is 10.0. The minimum atomic E-state index is -1.17. The van der Waals surface area contributed by atoms with Crippen LogP contribution in [-0.4, -0.2) is 18.9 Å². The highest BCUT2D eigenvalue weighted by atomic mass is 32.2. The lowest BCUT2D eigenvalue weighted by Gasteiger charge is -2.22.